The van der Waals surface area contributed by atoms with E-state index in [2.05, 4.69) is 11.9 Å². The summed E-state index contributed by atoms with van der Waals surface area (Å²) in [4.78, 5) is 2.27. The third kappa shape index (κ3) is 2.62. The molecule has 2 rings (SSSR count). The summed E-state index contributed by atoms with van der Waals surface area (Å²) in [6, 6.07) is 5.78. The Hall–Kier alpha value is -0.640. The first-order valence-electron chi connectivity index (χ1n) is 5.90. The molecule has 2 N–H and O–H groups in total. The second-order valence-electron chi connectivity index (χ2n) is 4.78. The van der Waals surface area contributed by atoms with Crippen molar-refractivity contribution in [3.63, 3.8) is 0 Å². The van der Waals surface area contributed by atoms with Gasteiger partial charge in [-0.15, -0.1) is 0 Å². The van der Waals surface area contributed by atoms with E-state index in [1.165, 1.54) is 0 Å². The molecule has 0 aromatic heterocycles. The Bertz CT molecular complexity index is 397. The summed E-state index contributed by atoms with van der Waals surface area (Å²) in [6.07, 6.45) is 1.03. The molecule has 1 saturated heterocycles. The van der Waals surface area contributed by atoms with Gasteiger partial charge in [-0.2, -0.15) is 0 Å². The molecule has 0 spiro atoms. The Balaban J connectivity index is 2.22. The fraction of sp³-hybridized carbons (Fsp3) is 0.538. The van der Waals surface area contributed by atoms with Gasteiger partial charge in [-0.1, -0.05) is 23.7 Å². The van der Waals surface area contributed by atoms with Crippen LogP contribution in [0.15, 0.2) is 18.2 Å². The zero-order valence-corrected chi connectivity index (χ0v) is 10.8. The summed E-state index contributed by atoms with van der Waals surface area (Å²) in [5.74, 6) is 0.530. The molecule has 0 radical (unpaired) electrons. The first-order chi connectivity index (χ1) is 8.15. The number of alkyl halides is 1. The zero-order valence-electron chi connectivity index (χ0n) is 10.00. The highest BCUT2D eigenvalue weighted by Gasteiger charge is 2.30. The summed E-state index contributed by atoms with van der Waals surface area (Å²) in [6.45, 7) is 1.25. The monoisotopic (exact) mass is 256 g/mol. The molecule has 0 aliphatic carbocycles. The highest BCUT2D eigenvalue weighted by molar-refractivity contribution is 6.31. The lowest BCUT2D eigenvalue weighted by molar-refractivity contribution is 0.313. The number of likely N-dealkylation sites (tertiary alicyclic amines) is 1. The van der Waals surface area contributed by atoms with E-state index in [0.29, 0.717) is 29.1 Å². The van der Waals surface area contributed by atoms with Crippen LogP contribution in [0, 0.1) is 5.92 Å². The lowest BCUT2D eigenvalue weighted by Crippen LogP contribution is -2.20. The highest BCUT2D eigenvalue weighted by Crippen LogP contribution is 2.37. The summed E-state index contributed by atoms with van der Waals surface area (Å²) in [7, 11) is 2.08. The van der Waals surface area contributed by atoms with Crippen molar-refractivity contribution in [3.05, 3.63) is 34.3 Å². The van der Waals surface area contributed by atoms with E-state index in [-0.39, 0.29) is 0 Å². The van der Waals surface area contributed by atoms with Crippen LogP contribution >= 0.6 is 11.6 Å². The molecule has 1 heterocycles. The summed E-state index contributed by atoms with van der Waals surface area (Å²) < 4.78 is 12.5. The molecule has 94 valence electrons. The first-order valence-corrected chi connectivity index (χ1v) is 6.28. The normalized spacial score (nSPS) is 25.4. The average Bonchev–Trinajstić information content (AvgIpc) is 2.70. The molecule has 1 aromatic rings. The Morgan fingerprint density at radius 3 is 2.82 bits per heavy atom. The zero-order chi connectivity index (χ0) is 12.4. The minimum atomic E-state index is -0.466. The molecular weight excluding hydrogens is 239 g/mol. The predicted molar refractivity (Wildman–Crippen MR) is 68.8 cm³/mol. The van der Waals surface area contributed by atoms with Crippen LogP contribution in [0.3, 0.4) is 0 Å². The van der Waals surface area contributed by atoms with Crippen LogP contribution in [-0.2, 0) is 6.67 Å². The first kappa shape index (κ1) is 12.8. The van der Waals surface area contributed by atoms with E-state index >= 15 is 0 Å². The molecule has 2 nitrogen and oxygen atoms in total. The molecule has 1 fully saturated rings. The second kappa shape index (κ2) is 5.34. The number of rotatable bonds is 3. The van der Waals surface area contributed by atoms with Crippen molar-refractivity contribution in [3.8, 4) is 0 Å². The number of nitrogens with two attached hydrogens (primary N) is 1. The van der Waals surface area contributed by atoms with Crippen molar-refractivity contribution in [2.45, 2.75) is 19.1 Å². The van der Waals surface area contributed by atoms with Crippen LogP contribution in [0.2, 0.25) is 5.02 Å². The van der Waals surface area contributed by atoms with Crippen LogP contribution in [0.25, 0.3) is 0 Å². The molecule has 0 bridgehead atoms. The fourth-order valence-corrected chi connectivity index (χ4v) is 2.89. The molecule has 2 unspecified atom stereocenters. The standard InChI is InChI=1S/C13H18ClFN2/c1-17-8-10(7-16)5-13(17)11-3-2-9(6-15)4-12(11)14/h2-4,10,13H,5-8,16H2,1H3. The van der Waals surface area contributed by atoms with Gasteiger partial charge in [-0.25, -0.2) is 4.39 Å². The van der Waals surface area contributed by atoms with Gasteiger partial charge < -0.3 is 5.73 Å². The molecular formula is C13H18ClFN2. The average molecular weight is 257 g/mol. The fourth-order valence-electron chi connectivity index (χ4n) is 2.56. The number of hydrogen-bond acceptors (Lipinski definition) is 2. The molecule has 1 aromatic carbocycles. The van der Waals surface area contributed by atoms with Gasteiger partial charge >= 0.3 is 0 Å². The number of benzene rings is 1. The van der Waals surface area contributed by atoms with Crippen molar-refractivity contribution in [1.82, 2.24) is 4.90 Å². The van der Waals surface area contributed by atoms with Crippen LogP contribution in [0.4, 0.5) is 4.39 Å². The number of nitrogens with zero attached hydrogens (tertiary/aromatic N) is 1. The molecule has 0 saturated carbocycles. The maximum atomic E-state index is 12.5. The molecule has 17 heavy (non-hydrogen) atoms. The third-order valence-electron chi connectivity index (χ3n) is 3.55. The van der Waals surface area contributed by atoms with Crippen molar-refractivity contribution in [2.75, 3.05) is 20.1 Å². The van der Waals surface area contributed by atoms with E-state index in [1.54, 1.807) is 6.07 Å². The van der Waals surface area contributed by atoms with Crippen molar-refractivity contribution < 1.29 is 4.39 Å². The summed E-state index contributed by atoms with van der Waals surface area (Å²) >= 11 is 6.22. The quantitative estimate of drug-likeness (QED) is 0.901. The van der Waals surface area contributed by atoms with E-state index < -0.39 is 6.67 Å². The Labute approximate surface area is 107 Å². The van der Waals surface area contributed by atoms with Gasteiger partial charge in [0.25, 0.3) is 0 Å². The van der Waals surface area contributed by atoms with Gasteiger partial charge in [0.1, 0.15) is 6.67 Å². The van der Waals surface area contributed by atoms with Crippen molar-refractivity contribution >= 4 is 11.6 Å². The largest absolute Gasteiger partial charge is 0.330 e. The Morgan fingerprint density at radius 1 is 1.53 bits per heavy atom. The van der Waals surface area contributed by atoms with Crippen LogP contribution in [0.1, 0.15) is 23.6 Å². The van der Waals surface area contributed by atoms with Crippen LogP contribution < -0.4 is 5.73 Å². The Kier molecular flexibility index (Phi) is 4.02. The van der Waals surface area contributed by atoms with Crippen LogP contribution in [-0.4, -0.2) is 25.0 Å². The minimum absolute atomic E-state index is 0.310. The lowest BCUT2D eigenvalue weighted by Gasteiger charge is -2.21. The maximum absolute atomic E-state index is 12.5. The van der Waals surface area contributed by atoms with E-state index in [4.69, 9.17) is 17.3 Å². The molecule has 4 heteroatoms. The Morgan fingerprint density at radius 2 is 2.29 bits per heavy atom. The van der Waals surface area contributed by atoms with Gasteiger partial charge in [0.05, 0.1) is 0 Å². The SMILES string of the molecule is CN1CC(CN)CC1c1ccc(CF)cc1Cl. The molecule has 1 aliphatic rings. The summed E-state index contributed by atoms with van der Waals surface area (Å²) in [5.41, 5.74) is 7.43. The van der Waals surface area contributed by atoms with Gasteiger partial charge in [0, 0.05) is 17.6 Å². The molecule has 2 atom stereocenters. The van der Waals surface area contributed by atoms with Gasteiger partial charge in [0.15, 0.2) is 0 Å². The van der Waals surface area contributed by atoms with Gasteiger partial charge in [-0.05, 0) is 43.1 Å². The topological polar surface area (TPSA) is 29.3 Å². The molecule has 1 aliphatic heterocycles. The third-order valence-corrected chi connectivity index (χ3v) is 3.87. The highest BCUT2D eigenvalue weighted by atomic mass is 35.5. The van der Waals surface area contributed by atoms with Crippen molar-refractivity contribution in [2.24, 2.45) is 11.7 Å². The van der Waals surface area contributed by atoms with E-state index in [9.17, 15) is 4.39 Å². The number of hydrogen-bond donors (Lipinski definition) is 1. The number of halogens is 2. The van der Waals surface area contributed by atoms with Crippen LogP contribution in [0.5, 0.6) is 0 Å². The maximum Gasteiger partial charge on any atom is 0.115 e. The smallest absolute Gasteiger partial charge is 0.115 e. The second-order valence-corrected chi connectivity index (χ2v) is 5.19. The van der Waals surface area contributed by atoms with Crippen molar-refractivity contribution in [1.29, 1.82) is 0 Å². The minimum Gasteiger partial charge on any atom is -0.330 e. The van der Waals surface area contributed by atoms with Gasteiger partial charge in [-0.3, -0.25) is 4.90 Å². The van der Waals surface area contributed by atoms with E-state index in [1.807, 2.05) is 12.1 Å². The van der Waals surface area contributed by atoms with E-state index in [0.717, 1.165) is 18.5 Å². The molecule has 0 amide bonds. The predicted octanol–water partition coefficient (Wildman–Crippen LogP) is 2.76. The van der Waals surface area contributed by atoms with Gasteiger partial charge in [0.2, 0.25) is 0 Å². The lowest BCUT2D eigenvalue weighted by atomic mass is 9.99. The summed E-state index contributed by atoms with van der Waals surface area (Å²) in [5, 5.41) is 0.662.